The van der Waals surface area contributed by atoms with Crippen LogP contribution in [0.3, 0.4) is 0 Å². The molecule has 0 aromatic heterocycles. The van der Waals surface area contributed by atoms with Crippen molar-refractivity contribution in [3.63, 3.8) is 0 Å². The van der Waals surface area contributed by atoms with Gasteiger partial charge in [0.2, 0.25) is 0 Å². The number of allylic oxidation sites excluding steroid dienone is 2. The van der Waals surface area contributed by atoms with Gasteiger partial charge >= 0.3 is 6.09 Å². The van der Waals surface area contributed by atoms with Crippen molar-refractivity contribution < 1.29 is 14.3 Å². The van der Waals surface area contributed by atoms with E-state index in [1.165, 1.54) is 0 Å². The first-order valence-corrected chi connectivity index (χ1v) is 6.88. The molecular weight excluding hydrogens is 242 g/mol. The molecule has 0 aromatic carbocycles. The Hall–Kier alpha value is -1.29. The van der Waals surface area contributed by atoms with Crippen molar-refractivity contribution in [1.82, 2.24) is 5.32 Å². The second kappa shape index (κ2) is 5.00. The molecule has 0 unspecified atom stereocenters. The summed E-state index contributed by atoms with van der Waals surface area (Å²) in [5.41, 5.74) is -0.669. The quantitative estimate of drug-likeness (QED) is 0.795. The highest BCUT2D eigenvalue weighted by Crippen LogP contribution is 2.45. The van der Waals surface area contributed by atoms with E-state index in [-0.39, 0.29) is 23.8 Å². The second-order valence-electron chi connectivity index (χ2n) is 6.19. The van der Waals surface area contributed by atoms with Crippen LogP contribution in [0.2, 0.25) is 0 Å². The number of ether oxygens (including phenoxy) is 2. The molecule has 1 heterocycles. The summed E-state index contributed by atoms with van der Waals surface area (Å²) < 4.78 is 11.0. The molecule has 0 spiro atoms. The Bertz CT molecular complexity index is 408. The van der Waals surface area contributed by atoms with Gasteiger partial charge in [-0.25, -0.2) is 4.79 Å². The zero-order chi connectivity index (χ0) is 14.1. The minimum atomic E-state index is -0.466. The van der Waals surface area contributed by atoms with E-state index in [0.717, 1.165) is 12.8 Å². The number of hydrogen-bond acceptors (Lipinski definition) is 3. The summed E-state index contributed by atoms with van der Waals surface area (Å²) in [5.74, 6) is 0. The predicted molar refractivity (Wildman–Crippen MR) is 73.9 cm³/mol. The van der Waals surface area contributed by atoms with E-state index in [1.807, 2.05) is 32.9 Å². The van der Waals surface area contributed by atoms with E-state index in [2.05, 4.69) is 24.4 Å². The number of epoxide rings is 1. The normalized spacial score (nSPS) is 29.6. The second-order valence-corrected chi connectivity index (χ2v) is 6.19. The highest BCUT2D eigenvalue weighted by atomic mass is 16.6. The summed E-state index contributed by atoms with van der Waals surface area (Å²) in [6.07, 6.45) is 9.59. The summed E-state index contributed by atoms with van der Waals surface area (Å²) in [7, 11) is 0. The van der Waals surface area contributed by atoms with Crippen LogP contribution >= 0.6 is 0 Å². The van der Waals surface area contributed by atoms with Crippen LogP contribution in [0.5, 0.6) is 0 Å². The van der Waals surface area contributed by atoms with Crippen LogP contribution in [0.1, 0.15) is 40.5 Å². The third-order valence-electron chi connectivity index (χ3n) is 3.33. The summed E-state index contributed by atoms with van der Waals surface area (Å²) >= 11 is 0. The summed E-state index contributed by atoms with van der Waals surface area (Å²) in [6, 6.07) is 0.0657. The van der Waals surface area contributed by atoms with Gasteiger partial charge in [-0.3, -0.25) is 0 Å². The van der Waals surface area contributed by atoms with E-state index in [4.69, 9.17) is 9.47 Å². The number of carbonyl (C=O) groups is 1. The fourth-order valence-electron chi connectivity index (χ4n) is 2.31. The molecule has 2 rings (SSSR count). The molecule has 1 saturated heterocycles. The monoisotopic (exact) mass is 265 g/mol. The molecule has 106 valence electrons. The minimum Gasteiger partial charge on any atom is -0.444 e. The fourth-order valence-corrected chi connectivity index (χ4v) is 2.31. The molecule has 2 aliphatic rings. The first kappa shape index (κ1) is 14.1. The zero-order valence-electron chi connectivity index (χ0n) is 12.1. The Morgan fingerprint density at radius 3 is 2.79 bits per heavy atom. The Morgan fingerprint density at radius 2 is 2.21 bits per heavy atom. The van der Waals surface area contributed by atoms with E-state index < -0.39 is 5.60 Å². The summed E-state index contributed by atoms with van der Waals surface area (Å²) in [4.78, 5) is 11.8. The number of rotatable bonds is 4. The largest absolute Gasteiger partial charge is 0.444 e. The van der Waals surface area contributed by atoms with Gasteiger partial charge in [0, 0.05) is 12.5 Å². The summed E-state index contributed by atoms with van der Waals surface area (Å²) in [5, 5.41) is 2.92. The van der Waals surface area contributed by atoms with Gasteiger partial charge < -0.3 is 14.8 Å². The van der Waals surface area contributed by atoms with Gasteiger partial charge in [0.15, 0.2) is 0 Å². The lowest BCUT2D eigenvalue weighted by molar-refractivity contribution is 0.0496. The molecule has 0 aromatic rings. The van der Waals surface area contributed by atoms with Gasteiger partial charge in [-0.15, -0.1) is 0 Å². The van der Waals surface area contributed by atoms with Gasteiger partial charge in [-0.2, -0.15) is 0 Å². The molecule has 4 nitrogen and oxygen atoms in total. The molecule has 0 saturated carbocycles. The minimum absolute atomic E-state index is 0.0657. The van der Waals surface area contributed by atoms with Crippen molar-refractivity contribution in [2.75, 3.05) is 0 Å². The number of carbonyl (C=O) groups excluding carboxylic acids is 1. The van der Waals surface area contributed by atoms with Crippen molar-refractivity contribution in [2.45, 2.75) is 63.9 Å². The molecule has 19 heavy (non-hydrogen) atoms. The molecule has 0 radical (unpaired) electrons. The highest BCUT2D eigenvalue weighted by Gasteiger charge is 2.54. The van der Waals surface area contributed by atoms with Crippen LogP contribution in [0.4, 0.5) is 4.79 Å². The van der Waals surface area contributed by atoms with Crippen LogP contribution in [-0.4, -0.2) is 29.4 Å². The molecule has 4 heteroatoms. The Balaban J connectivity index is 1.86. The number of amides is 1. The molecule has 1 fully saturated rings. The van der Waals surface area contributed by atoms with Crippen molar-refractivity contribution in [2.24, 2.45) is 0 Å². The standard InChI is InChI=1S/C15H23NO3/c1-5-11(16-13(17)19-14(2,3)4)10-15-9-7-6-8-12(15)18-15/h6-9,11-12H,5,10H2,1-4H3,(H,16,17)/t11-,12+,15-/m0/s1. The highest BCUT2D eigenvalue weighted by molar-refractivity contribution is 5.68. The molecule has 1 aliphatic heterocycles. The Labute approximate surface area is 114 Å². The van der Waals surface area contributed by atoms with Gasteiger partial charge in [-0.05, 0) is 33.3 Å². The Kier molecular flexibility index (Phi) is 3.72. The van der Waals surface area contributed by atoms with Gasteiger partial charge in [0.05, 0.1) is 0 Å². The topological polar surface area (TPSA) is 50.9 Å². The lowest BCUT2D eigenvalue weighted by Crippen LogP contribution is -2.41. The molecular formula is C15H23NO3. The predicted octanol–water partition coefficient (Wildman–Crippen LogP) is 2.94. The third kappa shape index (κ3) is 3.60. The number of hydrogen-bond donors (Lipinski definition) is 1. The maximum Gasteiger partial charge on any atom is 0.407 e. The van der Waals surface area contributed by atoms with Gasteiger partial charge in [-0.1, -0.05) is 25.2 Å². The molecule has 0 bridgehead atoms. The van der Waals surface area contributed by atoms with Crippen LogP contribution in [-0.2, 0) is 9.47 Å². The van der Waals surface area contributed by atoms with Crippen LogP contribution in [0, 0.1) is 0 Å². The summed E-state index contributed by atoms with van der Waals surface area (Å²) in [6.45, 7) is 7.64. The van der Waals surface area contributed by atoms with Crippen molar-refractivity contribution >= 4 is 6.09 Å². The van der Waals surface area contributed by atoms with E-state index in [9.17, 15) is 4.79 Å². The number of nitrogens with one attached hydrogen (secondary N) is 1. The van der Waals surface area contributed by atoms with E-state index in [0.29, 0.717) is 0 Å². The first-order valence-electron chi connectivity index (χ1n) is 6.88. The van der Waals surface area contributed by atoms with Crippen LogP contribution in [0.15, 0.2) is 24.3 Å². The van der Waals surface area contributed by atoms with Gasteiger partial charge in [0.1, 0.15) is 17.3 Å². The van der Waals surface area contributed by atoms with Crippen LogP contribution in [0.25, 0.3) is 0 Å². The molecule has 1 N–H and O–H groups in total. The van der Waals surface area contributed by atoms with E-state index in [1.54, 1.807) is 0 Å². The molecule has 3 atom stereocenters. The first-order chi connectivity index (χ1) is 8.85. The lowest BCUT2D eigenvalue weighted by Gasteiger charge is -2.24. The zero-order valence-corrected chi connectivity index (χ0v) is 12.1. The van der Waals surface area contributed by atoms with Crippen LogP contribution < -0.4 is 5.32 Å². The fraction of sp³-hybridized carbons (Fsp3) is 0.667. The maximum atomic E-state index is 11.8. The third-order valence-corrected chi connectivity index (χ3v) is 3.33. The van der Waals surface area contributed by atoms with Crippen molar-refractivity contribution in [3.05, 3.63) is 24.3 Å². The Morgan fingerprint density at radius 1 is 1.47 bits per heavy atom. The average Bonchev–Trinajstić information content (AvgIpc) is 2.99. The molecule has 1 amide bonds. The van der Waals surface area contributed by atoms with Gasteiger partial charge in [0.25, 0.3) is 0 Å². The average molecular weight is 265 g/mol. The smallest absolute Gasteiger partial charge is 0.407 e. The maximum absolute atomic E-state index is 11.8. The molecule has 1 aliphatic carbocycles. The van der Waals surface area contributed by atoms with E-state index >= 15 is 0 Å². The van der Waals surface area contributed by atoms with Crippen molar-refractivity contribution in [3.8, 4) is 0 Å². The SMILES string of the molecule is CC[C@@H](C[C@@]12C=CC=C[C@H]1O2)NC(=O)OC(C)(C)C. The lowest BCUT2D eigenvalue weighted by atomic mass is 9.92. The number of fused-ring (bicyclic) bond motifs is 1. The number of alkyl carbamates (subject to hydrolysis) is 1. The van der Waals surface area contributed by atoms with Crippen molar-refractivity contribution in [1.29, 1.82) is 0 Å².